The summed E-state index contributed by atoms with van der Waals surface area (Å²) in [6, 6.07) is 19.7. The number of carbonyl (C=O) groups excluding carboxylic acids is 1. The molecule has 2 fully saturated rings. The molecule has 8 atom stereocenters. The number of esters is 1. The first-order valence-corrected chi connectivity index (χ1v) is 22.3. The van der Waals surface area contributed by atoms with E-state index < -0.39 is 0 Å². The Kier molecular flexibility index (Phi) is 4.00. The largest absolute Gasteiger partial charge is 0.465 e. The average molecular weight is 731 g/mol. The number of carbonyl (C=O) groups is 1. The summed E-state index contributed by atoms with van der Waals surface area (Å²) >= 11 is 0. The van der Waals surface area contributed by atoms with Gasteiger partial charge in [-0.3, -0.25) is 4.79 Å². The molecule has 9 aliphatic carbocycles. The predicted molar refractivity (Wildman–Crippen MR) is 230 cm³/mol. The average Bonchev–Trinajstić information content (AvgIpc) is 3.91. The van der Waals surface area contributed by atoms with E-state index in [1.165, 1.54) is 29.0 Å². The highest BCUT2D eigenvalue weighted by atomic mass is 16.5. The molecule has 2 heteroatoms. The van der Waals surface area contributed by atoms with E-state index in [-0.39, 0.29) is 16.8 Å². The van der Waals surface area contributed by atoms with Gasteiger partial charge in [0, 0.05) is 35.0 Å². The summed E-state index contributed by atoms with van der Waals surface area (Å²) < 4.78 is 5.87. The maximum Gasteiger partial charge on any atom is 0.305 e. The number of hydrogen-bond donors (Lipinski definition) is 0. The van der Waals surface area contributed by atoms with Gasteiger partial charge in [-0.1, -0.05) is 74.9 Å². The van der Waals surface area contributed by atoms with Crippen molar-refractivity contribution in [2.24, 2.45) is 17.8 Å². The van der Waals surface area contributed by atoms with Gasteiger partial charge >= 0.3 is 5.97 Å². The van der Waals surface area contributed by atoms with Crippen molar-refractivity contribution in [3.63, 3.8) is 0 Å². The number of rotatable bonds is 8. The number of fused-ring (bicyclic) bond motifs is 1. The number of allylic oxidation sites excluding steroid dienone is 2. The molecule has 57 heavy (non-hydrogen) atoms. The molecule has 9 aromatic rings. The van der Waals surface area contributed by atoms with Gasteiger partial charge in [0.25, 0.3) is 0 Å². The summed E-state index contributed by atoms with van der Waals surface area (Å²) in [5.74, 6) is 3.21. The van der Waals surface area contributed by atoms with Crippen LogP contribution >= 0.6 is 0 Å². The molecule has 9 aromatic carbocycles. The zero-order valence-corrected chi connectivity index (χ0v) is 32.2. The lowest BCUT2D eigenvalue weighted by atomic mass is 9.61. The molecule has 0 aromatic heterocycles. The monoisotopic (exact) mass is 730 g/mol. The zero-order valence-electron chi connectivity index (χ0n) is 32.2. The maximum absolute atomic E-state index is 13.4. The molecule has 0 heterocycles. The topological polar surface area (TPSA) is 26.3 Å². The summed E-state index contributed by atoms with van der Waals surface area (Å²) in [5, 5.41) is 26.0. The van der Waals surface area contributed by atoms with E-state index in [2.05, 4.69) is 74.5 Å². The molecule has 2 nitrogen and oxygen atoms in total. The Bertz CT molecular complexity index is 3750. The van der Waals surface area contributed by atoms with Crippen LogP contribution in [0.15, 0.2) is 54.6 Å². The third-order valence-electron chi connectivity index (χ3n) is 18.9. The fraction of sp³-hybridized carbons (Fsp3) is 0.327. The van der Waals surface area contributed by atoms with Crippen molar-refractivity contribution in [3.05, 3.63) is 110 Å². The molecule has 270 valence electrons. The molecule has 18 rings (SSSR count). The van der Waals surface area contributed by atoms with Crippen LogP contribution in [-0.4, -0.2) is 12.6 Å². The van der Waals surface area contributed by atoms with Gasteiger partial charge in [-0.2, -0.15) is 0 Å². The van der Waals surface area contributed by atoms with Crippen LogP contribution in [0.3, 0.4) is 0 Å². The Morgan fingerprint density at radius 1 is 0.842 bits per heavy atom. The van der Waals surface area contributed by atoms with E-state index in [1.807, 2.05) is 5.57 Å². The van der Waals surface area contributed by atoms with E-state index in [1.54, 1.807) is 120 Å². The predicted octanol–water partition coefficient (Wildman–Crippen LogP) is 10.8. The van der Waals surface area contributed by atoms with E-state index >= 15 is 0 Å². The lowest BCUT2D eigenvalue weighted by molar-refractivity contribution is -0.145. The van der Waals surface area contributed by atoms with Gasteiger partial charge in [0.05, 0.1) is 6.61 Å². The van der Waals surface area contributed by atoms with E-state index in [0.717, 1.165) is 31.6 Å². The Hall–Kier alpha value is -5.21. The van der Waals surface area contributed by atoms with Crippen LogP contribution < -0.4 is 10.4 Å². The van der Waals surface area contributed by atoms with Crippen molar-refractivity contribution in [2.45, 2.75) is 87.4 Å². The number of benzene rings is 7. The Morgan fingerprint density at radius 3 is 2.58 bits per heavy atom. The minimum atomic E-state index is -0.144. The lowest BCUT2D eigenvalue weighted by Crippen LogP contribution is -2.31. The smallest absolute Gasteiger partial charge is 0.305 e. The molecule has 0 bridgehead atoms. The summed E-state index contributed by atoms with van der Waals surface area (Å²) in [6.07, 6.45) is 12.6. The molecule has 2 saturated carbocycles. The van der Waals surface area contributed by atoms with Crippen LogP contribution in [0.25, 0.3) is 92.6 Å². The third kappa shape index (κ3) is 2.39. The van der Waals surface area contributed by atoms with Crippen molar-refractivity contribution in [3.8, 4) is 0 Å². The molecule has 9 aliphatic rings. The second-order valence-corrected chi connectivity index (χ2v) is 20.7. The lowest BCUT2D eigenvalue weighted by Gasteiger charge is -2.42. The fourth-order valence-corrected chi connectivity index (χ4v) is 17.4. The van der Waals surface area contributed by atoms with Gasteiger partial charge in [-0.25, -0.2) is 0 Å². The Balaban J connectivity index is 1.04. The number of hydrogen-bond acceptors (Lipinski definition) is 2. The highest BCUT2D eigenvalue weighted by molar-refractivity contribution is 6.54. The van der Waals surface area contributed by atoms with E-state index in [4.69, 9.17) is 4.74 Å². The Morgan fingerprint density at radius 2 is 1.68 bits per heavy atom. The van der Waals surface area contributed by atoms with Gasteiger partial charge in [0.2, 0.25) is 0 Å². The highest BCUT2D eigenvalue weighted by Crippen LogP contribution is 2.84. The quantitative estimate of drug-likeness (QED) is 0.115. The molecular formula is C55H38O2. The van der Waals surface area contributed by atoms with Gasteiger partial charge in [-0.15, -0.1) is 0 Å². The minimum absolute atomic E-state index is 0.0317. The molecule has 6 unspecified atom stereocenters. The summed E-state index contributed by atoms with van der Waals surface area (Å²) in [5.41, 5.74) is 16.4. The van der Waals surface area contributed by atoms with E-state index in [0.29, 0.717) is 42.6 Å². The van der Waals surface area contributed by atoms with Crippen molar-refractivity contribution in [1.82, 2.24) is 0 Å². The SMILES string of the molecule is CCC(C)COC(=O)CCCC1(c2ccccc2)C2c3cc4c5c6c7c8c9c%10c%11c%12c(cc%13cc%14c%15c(c%16c3c5c8c%16c%10c%15c%13%11)C21C=%14)C[C@@H]1C[C@H](C=C6C4)C7C=9C%121. The molecule has 0 radical (unpaired) electrons. The fourth-order valence-electron chi connectivity index (χ4n) is 17.4. The third-order valence-corrected chi connectivity index (χ3v) is 18.9. The molecule has 0 aliphatic heterocycles. The normalized spacial score (nSPS) is 30.6. The van der Waals surface area contributed by atoms with Crippen LogP contribution in [-0.2, 0) is 33.2 Å². The van der Waals surface area contributed by atoms with Gasteiger partial charge < -0.3 is 4.74 Å². The summed E-state index contributed by atoms with van der Waals surface area (Å²) in [4.78, 5) is 13.4. The first-order chi connectivity index (χ1) is 28.0. The van der Waals surface area contributed by atoms with Crippen LogP contribution in [0.4, 0.5) is 0 Å². The van der Waals surface area contributed by atoms with Crippen LogP contribution in [0.1, 0.15) is 108 Å². The first kappa shape index (κ1) is 28.2. The second kappa shape index (κ2) is 8.09. The summed E-state index contributed by atoms with van der Waals surface area (Å²) in [6.45, 7) is 4.88. The molecule has 0 N–H and O–H groups in total. The number of ether oxygens (including phenoxy) is 1. The van der Waals surface area contributed by atoms with Crippen LogP contribution in [0, 0.1) is 17.8 Å². The van der Waals surface area contributed by atoms with Gasteiger partial charge in [0.1, 0.15) is 0 Å². The van der Waals surface area contributed by atoms with Crippen LogP contribution in [0.5, 0.6) is 0 Å². The van der Waals surface area contributed by atoms with Crippen LogP contribution in [0.2, 0.25) is 0 Å². The van der Waals surface area contributed by atoms with E-state index in [9.17, 15) is 4.79 Å². The van der Waals surface area contributed by atoms with Crippen molar-refractivity contribution in [2.75, 3.05) is 6.61 Å². The zero-order chi connectivity index (χ0) is 36.5. The van der Waals surface area contributed by atoms with Gasteiger partial charge in [0.15, 0.2) is 0 Å². The van der Waals surface area contributed by atoms with Crippen molar-refractivity contribution >= 4 is 98.6 Å². The van der Waals surface area contributed by atoms with Crippen molar-refractivity contribution < 1.29 is 9.53 Å². The molecule has 0 saturated heterocycles. The van der Waals surface area contributed by atoms with Gasteiger partial charge in [-0.05, 0) is 197 Å². The first-order valence-electron chi connectivity index (χ1n) is 22.3. The Labute approximate surface area is 328 Å². The van der Waals surface area contributed by atoms with Crippen molar-refractivity contribution in [1.29, 1.82) is 0 Å². The molecular weight excluding hydrogens is 693 g/mol. The minimum Gasteiger partial charge on any atom is -0.465 e. The maximum atomic E-state index is 13.4. The highest BCUT2D eigenvalue weighted by Gasteiger charge is 2.79. The summed E-state index contributed by atoms with van der Waals surface area (Å²) in [7, 11) is 0. The molecule has 1 spiro atoms. The second-order valence-electron chi connectivity index (χ2n) is 20.7. The molecule has 0 amide bonds. The standard InChI is InChI=1S/C55H38O2/c1-3-21(2)20-57-31(56)10-7-11-54(29-8-5-4-6-9-29)53-30-18-27-16-24-14-25-13-22-12-23-15-26-17-28-19-55(53,54)52-38(28)43-37(26)42-33(23)32(22)40-36(25)41-34(24)35(27)44-39(30)51(52)50-48(43)46(42)45(40)47(41)49(44)50/h4-6,8-9,14-15,17-19,21-22,25,32,36,53H,3,7,10-13,16,20H2,1-2H3/t21?,22-,25-,32?,36?,53?,54?,55?/m1/s1.